The Labute approximate surface area is 167 Å². The molecule has 0 saturated heterocycles. The molecule has 0 aliphatic heterocycles. The highest BCUT2D eigenvalue weighted by molar-refractivity contribution is 5.81. The summed E-state index contributed by atoms with van der Waals surface area (Å²) in [4.78, 5) is 46.0. The minimum atomic E-state index is -1.41. The Balaban J connectivity index is 2.92. The molecule has 160 valence electrons. The van der Waals surface area contributed by atoms with Crippen molar-refractivity contribution in [3.63, 3.8) is 0 Å². The van der Waals surface area contributed by atoms with Gasteiger partial charge >= 0.3 is 24.1 Å². The fourth-order valence-corrected chi connectivity index (χ4v) is 2.18. The van der Waals surface area contributed by atoms with Gasteiger partial charge in [0.15, 0.2) is 11.5 Å². The fraction of sp³-hybridized carbons (Fsp3) is 0.444. The lowest BCUT2D eigenvalue weighted by Crippen LogP contribution is -2.55. The van der Waals surface area contributed by atoms with Crippen LogP contribution >= 0.6 is 0 Å². The zero-order valence-corrected chi connectivity index (χ0v) is 16.6. The Kier molecular flexibility index (Phi) is 9.03. The van der Waals surface area contributed by atoms with E-state index in [4.69, 9.17) is 20.1 Å². The Hall–Kier alpha value is -3.18. The number of nitrogens with two attached hydrogens (primary N) is 1. The van der Waals surface area contributed by atoms with Gasteiger partial charge in [-0.25, -0.2) is 15.0 Å². The molecule has 0 aliphatic rings. The van der Waals surface area contributed by atoms with Crippen molar-refractivity contribution in [3.05, 3.63) is 23.8 Å². The number of nitrogens with one attached hydrogen (secondary N) is 1. The molecule has 0 unspecified atom stereocenters. The molecule has 0 heterocycles. The van der Waals surface area contributed by atoms with Gasteiger partial charge in [-0.15, -0.1) is 0 Å². The zero-order valence-electron chi connectivity index (χ0n) is 16.6. The van der Waals surface area contributed by atoms with E-state index in [-0.39, 0.29) is 24.5 Å². The minimum Gasteiger partial charge on any atom is -0.435 e. The molecule has 0 bridgehead atoms. The van der Waals surface area contributed by atoms with Crippen LogP contribution in [0.1, 0.15) is 33.3 Å². The number of carbonyl (C=O) groups excluding carboxylic acids is 4. The van der Waals surface area contributed by atoms with Gasteiger partial charge in [0.05, 0.1) is 6.61 Å². The topological polar surface area (TPSA) is 152 Å². The molecule has 0 aromatic heterocycles. The molecule has 3 N–H and O–H groups in total. The van der Waals surface area contributed by atoms with Gasteiger partial charge in [-0.05, 0) is 31.5 Å². The van der Waals surface area contributed by atoms with Crippen molar-refractivity contribution in [2.24, 2.45) is 5.84 Å². The highest BCUT2D eigenvalue weighted by atomic mass is 16.8. The molecule has 1 atom stereocenters. The number of hydrogen-bond acceptors (Lipinski definition) is 11. The number of ether oxygens (including phenoxy) is 5. The molecule has 0 aliphatic carbocycles. The number of benzene rings is 1. The van der Waals surface area contributed by atoms with Crippen LogP contribution in [0.25, 0.3) is 0 Å². The van der Waals surface area contributed by atoms with E-state index in [1.165, 1.54) is 32.9 Å². The largest absolute Gasteiger partial charge is 0.511 e. The molecule has 1 aromatic rings. The highest BCUT2D eigenvalue weighted by Crippen LogP contribution is 2.30. The molecule has 11 nitrogen and oxygen atoms in total. The summed E-state index contributed by atoms with van der Waals surface area (Å²) < 4.78 is 24.1. The quantitative estimate of drug-likeness (QED) is 0.196. The van der Waals surface area contributed by atoms with Crippen molar-refractivity contribution in [1.29, 1.82) is 0 Å². The summed E-state index contributed by atoms with van der Waals surface area (Å²) in [7, 11) is 0. The van der Waals surface area contributed by atoms with Crippen molar-refractivity contribution in [2.45, 2.75) is 39.7 Å². The standard InChI is InChI=1S/C18H24N2O9/c1-5-25-17(24)27-10-26-16(23)18(4,20-19)9-13-6-7-14(28-11(2)21)15(8-13)29-12(3)22/h6-8,20H,5,9-10,19H2,1-4H3/t18-/m0/s1. The maximum absolute atomic E-state index is 12.4. The number of carbonyl (C=O) groups is 4. The molecule has 1 aromatic carbocycles. The van der Waals surface area contributed by atoms with E-state index < -0.39 is 36.4 Å². The molecule has 0 amide bonds. The van der Waals surface area contributed by atoms with Gasteiger partial charge in [0.2, 0.25) is 6.79 Å². The summed E-state index contributed by atoms with van der Waals surface area (Å²) in [5.41, 5.74) is 1.46. The SMILES string of the molecule is CCOC(=O)OCOC(=O)[C@](C)(Cc1ccc(OC(C)=O)c(OC(C)=O)c1)NN. The van der Waals surface area contributed by atoms with E-state index >= 15 is 0 Å². The van der Waals surface area contributed by atoms with Crippen LogP contribution in [0.4, 0.5) is 4.79 Å². The first-order valence-electron chi connectivity index (χ1n) is 8.55. The smallest absolute Gasteiger partial charge is 0.435 e. The van der Waals surface area contributed by atoms with Gasteiger partial charge in [-0.1, -0.05) is 6.07 Å². The summed E-state index contributed by atoms with van der Waals surface area (Å²) >= 11 is 0. The molecule has 0 radical (unpaired) electrons. The third kappa shape index (κ3) is 7.76. The lowest BCUT2D eigenvalue weighted by atomic mass is 9.93. The van der Waals surface area contributed by atoms with Crippen molar-refractivity contribution in [2.75, 3.05) is 13.4 Å². The van der Waals surface area contributed by atoms with Gasteiger partial charge in [0, 0.05) is 20.3 Å². The van der Waals surface area contributed by atoms with Crippen LogP contribution in [-0.4, -0.2) is 43.0 Å². The fourth-order valence-electron chi connectivity index (χ4n) is 2.18. The molecular formula is C18H24N2O9. The zero-order chi connectivity index (χ0) is 22.0. The summed E-state index contributed by atoms with van der Waals surface area (Å²) in [6, 6.07) is 4.40. The predicted octanol–water partition coefficient (Wildman–Crippen LogP) is 0.976. The Morgan fingerprint density at radius 3 is 2.17 bits per heavy atom. The Morgan fingerprint density at radius 2 is 1.62 bits per heavy atom. The highest BCUT2D eigenvalue weighted by Gasteiger charge is 2.34. The maximum Gasteiger partial charge on any atom is 0.511 e. The molecule has 0 fully saturated rings. The van der Waals surface area contributed by atoms with E-state index in [1.807, 2.05) is 0 Å². The monoisotopic (exact) mass is 412 g/mol. The van der Waals surface area contributed by atoms with E-state index in [9.17, 15) is 19.2 Å². The minimum absolute atomic E-state index is 0.00332. The van der Waals surface area contributed by atoms with Gasteiger partial charge < -0.3 is 23.7 Å². The van der Waals surface area contributed by atoms with Crippen LogP contribution in [0.2, 0.25) is 0 Å². The van der Waals surface area contributed by atoms with Gasteiger partial charge in [0.1, 0.15) is 5.54 Å². The van der Waals surface area contributed by atoms with Crippen LogP contribution in [0.3, 0.4) is 0 Å². The molecule has 0 saturated carbocycles. The molecular weight excluding hydrogens is 388 g/mol. The van der Waals surface area contributed by atoms with E-state index in [0.717, 1.165) is 0 Å². The average Bonchev–Trinajstić information content (AvgIpc) is 2.63. The summed E-state index contributed by atoms with van der Waals surface area (Å²) in [5.74, 6) is 3.54. The summed E-state index contributed by atoms with van der Waals surface area (Å²) in [5, 5.41) is 0. The van der Waals surface area contributed by atoms with E-state index in [2.05, 4.69) is 14.9 Å². The molecule has 29 heavy (non-hydrogen) atoms. The average molecular weight is 412 g/mol. The van der Waals surface area contributed by atoms with Gasteiger partial charge in [-0.2, -0.15) is 0 Å². The Morgan fingerprint density at radius 1 is 1.00 bits per heavy atom. The van der Waals surface area contributed by atoms with Crippen LogP contribution in [0, 0.1) is 0 Å². The van der Waals surface area contributed by atoms with Crippen LogP contribution in [-0.2, 0) is 35.0 Å². The second kappa shape index (κ2) is 11.0. The number of hydrogen-bond donors (Lipinski definition) is 2. The van der Waals surface area contributed by atoms with Gasteiger partial charge in [-0.3, -0.25) is 15.4 Å². The summed E-state index contributed by atoms with van der Waals surface area (Å²) in [6.45, 7) is 4.92. The number of esters is 3. The van der Waals surface area contributed by atoms with Crippen molar-refractivity contribution < 1.29 is 42.9 Å². The van der Waals surface area contributed by atoms with Crippen LogP contribution in [0.15, 0.2) is 18.2 Å². The van der Waals surface area contributed by atoms with Gasteiger partial charge in [0.25, 0.3) is 0 Å². The van der Waals surface area contributed by atoms with Crippen molar-refractivity contribution in [1.82, 2.24) is 5.43 Å². The van der Waals surface area contributed by atoms with E-state index in [0.29, 0.717) is 5.56 Å². The second-order valence-electron chi connectivity index (χ2n) is 6.00. The third-order valence-electron chi connectivity index (χ3n) is 3.47. The lowest BCUT2D eigenvalue weighted by Gasteiger charge is -2.26. The van der Waals surface area contributed by atoms with Crippen LogP contribution < -0.4 is 20.7 Å². The normalized spacial score (nSPS) is 12.3. The van der Waals surface area contributed by atoms with Crippen LogP contribution in [0.5, 0.6) is 11.5 Å². The van der Waals surface area contributed by atoms with Crippen molar-refractivity contribution in [3.8, 4) is 11.5 Å². The number of rotatable bonds is 9. The maximum atomic E-state index is 12.4. The molecule has 1 rings (SSSR count). The first-order chi connectivity index (χ1) is 13.6. The molecule has 11 heteroatoms. The molecule has 0 spiro atoms. The third-order valence-corrected chi connectivity index (χ3v) is 3.47. The predicted molar refractivity (Wildman–Crippen MR) is 97.6 cm³/mol. The Bertz CT molecular complexity index is 766. The van der Waals surface area contributed by atoms with E-state index in [1.54, 1.807) is 13.0 Å². The lowest BCUT2D eigenvalue weighted by molar-refractivity contribution is -0.160. The summed E-state index contributed by atoms with van der Waals surface area (Å²) in [6.07, 6.45) is -0.967. The second-order valence-corrected chi connectivity index (χ2v) is 6.00. The van der Waals surface area contributed by atoms with Crippen molar-refractivity contribution >= 4 is 24.1 Å². The first kappa shape index (κ1) is 23.9. The first-order valence-corrected chi connectivity index (χ1v) is 8.55. The number of hydrazine groups is 1.